The molecule has 214 valence electrons. The summed E-state index contributed by atoms with van der Waals surface area (Å²) in [5.74, 6) is 2.48. The van der Waals surface area contributed by atoms with Crippen LogP contribution in [0.1, 0.15) is 49.8 Å². The van der Waals surface area contributed by atoms with Gasteiger partial charge in [-0.25, -0.2) is 9.79 Å². The van der Waals surface area contributed by atoms with E-state index in [0.29, 0.717) is 41.0 Å². The maximum atomic E-state index is 12.3. The molecule has 3 N–H and O–H groups in total. The number of fused-ring (bicyclic) bond motifs is 1. The molecule has 4 rings (SSSR count). The standard InChI is InChI=1S/C30H37N3O6S/c1-17(2)28(34)38-23-18(3)21-12-14-30(4,39-24(21)26(36-6)25(23)35-5)13-7-15-37-20-10-8-19(9-11-20)16-22-27(31)33-29(32)40-22/h8-11,22H,1,7,12-16H2,2-6H3,(H3,31,32,33). The summed E-state index contributed by atoms with van der Waals surface area (Å²) in [7, 11) is 3.06. The third-order valence-electron chi connectivity index (χ3n) is 7.17. The van der Waals surface area contributed by atoms with Crippen LogP contribution in [0.2, 0.25) is 0 Å². The molecule has 2 atom stereocenters. The molecule has 2 aliphatic rings. The zero-order valence-corrected chi connectivity index (χ0v) is 24.5. The van der Waals surface area contributed by atoms with E-state index in [0.717, 1.165) is 54.5 Å². The zero-order valence-electron chi connectivity index (χ0n) is 23.7. The maximum Gasteiger partial charge on any atom is 0.338 e. The van der Waals surface area contributed by atoms with Crippen LogP contribution >= 0.6 is 11.8 Å². The van der Waals surface area contributed by atoms with Gasteiger partial charge in [0.15, 0.2) is 16.7 Å². The van der Waals surface area contributed by atoms with Crippen LogP contribution in [0.5, 0.6) is 28.7 Å². The summed E-state index contributed by atoms with van der Waals surface area (Å²) < 4.78 is 29.5. The van der Waals surface area contributed by atoms with E-state index < -0.39 is 11.6 Å². The van der Waals surface area contributed by atoms with Crippen molar-refractivity contribution >= 4 is 28.7 Å². The molecule has 10 heteroatoms. The molecule has 2 heterocycles. The Labute approximate surface area is 239 Å². The molecule has 0 spiro atoms. The van der Waals surface area contributed by atoms with Gasteiger partial charge in [-0.1, -0.05) is 30.5 Å². The van der Waals surface area contributed by atoms with Gasteiger partial charge >= 0.3 is 5.97 Å². The van der Waals surface area contributed by atoms with Crippen molar-refractivity contribution in [2.45, 2.75) is 63.7 Å². The van der Waals surface area contributed by atoms with Crippen molar-refractivity contribution in [2.75, 3.05) is 20.8 Å². The van der Waals surface area contributed by atoms with Crippen LogP contribution in [0.4, 0.5) is 0 Å². The molecule has 0 saturated carbocycles. The van der Waals surface area contributed by atoms with Crippen LogP contribution in [0.25, 0.3) is 0 Å². The number of thioether (sulfide) groups is 1. The van der Waals surface area contributed by atoms with Gasteiger partial charge in [-0.05, 0) is 70.6 Å². The summed E-state index contributed by atoms with van der Waals surface area (Å²) in [6, 6.07) is 7.97. The largest absolute Gasteiger partial charge is 0.494 e. The first-order chi connectivity index (χ1) is 19.0. The number of benzene rings is 2. The van der Waals surface area contributed by atoms with Gasteiger partial charge in [0, 0.05) is 16.7 Å². The summed E-state index contributed by atoms with van der Waals surface area (Å²) in [5, 5.41) is 7.94. The molecular weight excluding hydrogens is 530 g/mol. The van der Waals surface area contributed by atoms with E-state index in [2.05, 4.69) is 18.5 Å². The van der Waals surface area contributed by atoms with Crippen molar-refractivity contribution < 1.29 is 28.5 Å². The molecule has 0 bridgehead atoms. The fraction of sp³-hybridized carbons (Fsp3) is 0.433. The Balaban J connectivity index is 1.37. The lowest BCUT2D eigenvalue weighted by Crippen LogP contribution is -2.37. The van der Waals surface area contributed by atoms with E-state index in [1.54, 1.807) is 14.0 Å². The number of rotatable bonds is 11. The number of aliphatic imine (C=N–C) groups is 1. The quantitative estimate of drug-likeness (QED) is 0.160. The molecule has 0 radical (unpaired) electrons. The number of amidine groups is 2. The number of hydrogen-bond donors (Lipinski definition) is 2. The van der Waals surface area contributed by atoms with Gasteiger partial charge in [-0.3, -0.25) is 5.41 Å². The van der Waals surface area contributed by atoms with Crippen molar-refractivity contribution in [2.24, 2.45) is 10.7 Å². The Kier molecular flexibility index (Phi) is 8.98. The molecule has 0 aliphatic carbocycles. The van der Waals surface area contributed by atoms with Crippen molar-refractivity contribution in [1.82, 2.24) is 0 Å². The highest BCUT2D eigenvalue weighted by Gasteiger charge is 2.37. The van der Waals surface area contributed by atoms with Crippen LogP contribution < -0.4 is 29.4 Å². The lowest BCUT2D eigenvalue weighted by molar-refractivity contribution is -0.130. The first-order valence-electron chi connectivity index (χ1n) is 13.2. The Morgan fingerprint density at radius 2 is 1.93 bits per heavy atom. The minimum absolute atomic E-state index is 0.0148. The van der Waals surface area contributed by atoms with Crippen LogP contribution in [-0.4, -0.2) is 48.7 Å². The monoisotopic (exact) mass is 567 g/mol. The molecule has 2 aromatic rings. The predicted octanol–water partition coefficient (Wildman–Crippen LogP) is 5.39. The van der Waals surface area contributed by atoms with Crippen molar-refractivity contribution in [1.29, 1.82) is 5.41 Å². The highest BCUT2D eigenvalue weighted by Crippen LogP contribution is 2.53. The second-order valence-electron chi connectivity index (χ2n) is 10.3. The van der Waals surface area contributed by atoms with Gasteiger partial charge in [0.25, 0.3) is 0 Å². The van der Waals surface area contributed by atoms with Crippen molar-refractivity contribution in [3.05, 3.63) is 53.1 Å². The van der Waals surface area contributed by atoms with E-state index in [-0.39, 0.29) is 10.4 Å². The highest BCUT2D eigenvalue weighted by molar-refractivity contribution is 8.15. The third-order valence-corrected chi connectivity index (χ3v) is 8.17. The van der Waals surface area contributed by atoms with E-state index >= 15 is 0 Å². The summed E-state index contributed by atoms with van der Waals surface area (Å²) in [6.45, 7) is 9.81. The highest BCUT2D eigenvalue weighted by atomic mass is 32.2. The second-order valence-corrected chi connectivity index (χ2v) is 11.5. The van der Waals surface area contributed by atoms with Crippen LogP contribution in [0.3, 0.4) is 0 Å². The van der Waals surface area contributed by atoms with Crippen LogP contribution in [0.15, 0.2) is 41.4 Å². The Morgan fingerprint density at radius 3 is 2.52 bits per heavy atom. The van der Waals surface area contributed by atoms with E-state index in [1.807, 2.05) is 31.2 Å². The average molecular weight is 568 g/mol. The fourth-order valence-corrected chi connectivity index (χ4v) is 5.77. The van der Waals surface area contributed by atoms with E-state index in [1.165, 1.54) is 18.9 Å². The van der Waals surface area contributed by atoms with Gasteiger partial charge in [0.2, 0.25) is 11.5 Å². The lowest BCUT2D eigenvalue weighted by Gasteiger charge is -2.38. The number of ether oxygens (including phenoxy) is 5. The number of nitrogens with one attached hydrogen (secondary N) is 1. The van der Waals surface area contributed by atoms with Crippen molar-refractivity contribution in [3.8, 4) is 28.7 Å². The Morgan fingerprint density at radius 1 is 1.23 bits per heavy atom. The maximum absolute atomic E-state index is 12.3. The molecular formula is C30H37N3O6S. The number of esters is 1. The van der Waals surface area contributed by atoms with E-state index in [9.17, 15) is 4.79 Å². The van der Waals surface area contributed by atoms with E-state index in [4.69, 9.17) is 34.8 Å². The number of carbonyl (C=O) groups excluding carboxylic acids is 1. The predicted molar refractivity (Wildman–Crippen MR) is 158 cm³/mol. The number of nitrogens with two attached hydrogens (primary N) is 1. The minimum atomic E-state index is -0.520. The van der Waals surface area contributed by atoms with Crippen LogP contribution in [0, 0.1) is 12.3 Å². The lowest BCUT2D eigenvalue weighted by atomic mass is 9.86. The number of nitrogens with zero attached hydrogens (tertiary/aromatic N) is 1. The molecule has 0 amide bonds. The zero-order chi connectivity index (χ0) is 29.0. The van der Waals surface area contributed by atoms with Crippen LogP contribution in [-0.2, 0) is 17.6 Å². The third kappa shape index (κ3) is 6.38. The molecule has 0 saturated heterocycles. The summed E-state index contributed by atoms with van der Waals surface area (Å²) >= 11 is 1.38. The first-order valence-corrected chi connectivity index (χ1v) is 14.1. The average Bonchev–Trinajstić information content (AvgIpc) is 3.24. The Hall–Kier alpha value is -3.66. The van der Waals surface area contributed by atoms with Gasteiger partial charge in [-0.15, -0.1) is 0 Å². The minimum Gasteiger partial charge on any atom is -0.494 e. The normalized spacial score (nSPS) is 19.8. The van der Waals surface area contributed by atoms with Gasteiger partial charge in [-0.2, -0.15) is 0 Å². The number of methoxy groups -OCH3 is 2. The molecule has 40 heavy (non-hydrogen) atoms. The molecule has 0 aromatic heterocycles. The Bertz CT molecular complexity index is 1340. The fourth-order valence-electron chi connectivity index (χ4n) is 4.90. The molecule has 9 nitrogen and oxygen atoms in total. The topological polar surface area (TPSA) is 125 Å². The van der Waals surface area contributed by atoms with Crippen molar-refractivity contribution in [3.63, 3.8) is 0 Å². The summed E-state index contributed by atoms with van der Waals surface area (Å²) in [4.78, 5) is 16.3. The smallest absolute Gasteiger partial charge is 0.338 e. The summed E-state index contributed by atoms with van der Waals surface area (Å²) in [6.07, 6.45) is 3.85. The molecule has 0 fully saturated rings. The molecule has 2 aliphatic heterocycles. The first kappa shape index (κ1) is 29.3. The molecule has 2 unspecified atom stereocenters. The van der Waals surface area contributed by atoms with Gasteiger partial charge in [0.1, 0.15) is 17.2 Å². The number of carbonyl (C=O) groups is 1. The van der Waals surface area contributed by atoms with Gasteiger partial charge in [0.05, 0.1) is 26.1 Å². The summed E-state index contributed by atoms with van der Waals surface area (Å²) in [5.41, 5.74) is 8.64. The van der Waals surface area contributed by atoms with Gasteiger partial charge < -0.3 is 29.4 Å². The molecule has 2 aromatic carbocycles. The second kappa shape index (κ2) is 12.2. The SMILES string of the molecule is C=C(C)C(=O)Oc1c(C)c2c(c(OC)c1OC)OC(C)(CCCOc1ccc(CC3SC(=N)N=C3N)cc1)CC2. The number of hydrogen-bond acceptors (Lipinski definition) is 9.